The van der Waals surface area contributed by atoms with Gasteiger partial charge in [-0.15, -0.1) is 0 Å². The average Bonchev–Trinajstić information content (AvgIpc) is 3.46. The van der Waals surface area contributed by atoms with Crippen LogP contribution in [0.5, 0.6) is 0 Å². The number of carboxylic acid groups (broad SMARTS) is 2. The number of carboxylic acids is 2. The topological polar surface area (TPSA) is 109 Å². The molecule has 1 atom stereocenters. The quantitative estimate of drug-likeness (QED) is 0.555. The number of pyridine rings is 1. The van der Waals surface area contributed by atoms with Crippen molar-refractivity contribution in [2.24, 2.45) is 11.8 Å². The van der Waals surface area contributed by atoms with Crippen LogP contribution in [0.1, 0.15) is 24.8 Å². The lowest BCUT2D eigenvalue weighted by atomic mass is 9.81. The number of carbonyl (C=O) groups is 2. The Bertz CT molecular complexity index is 802. The highest BCUT2D eigenvalue weighted by molar-refractivity contribution is 5.73. The Morgan fingerprint density at radius 3 is 2.09 bits per heavy atom. The summed E-state index contributed by atoms with van der Waals surface area (Å²) >= 11 is 0. The largest absolute Gasteiger partial charge is 0.490 e. The molecular weight excluding hydrogens is 490 g/mol. The van der Waals surface area contributed by atoms with Crippen molar-refractivity contribution in [2.45, 2.75) is 43.8 Å². The van der Waals surface area contributed by atoms with Gasteiger partial charge in [-0.3, -0.25) is 9.88 Å². The van der Waals surface area contributed by atoms with E-state index in [1.165, 1.54) is 18.4 Å². The number of aromatic nitrogens is 1. The van der Waals surface area contributed by atoms with Crippen LogP contribution in [0.4, 0.5) is 26.3 Å². The van der Waals surface area contributed by atoms with E-state index >= 15 is 0 Å². The van der Waals surface area contributed by atoms with Gasteiger partial charge in [0, 0.05) is 51.2 Å². The summed E-state index contributed by atoms with van der Waals surface area (Å²) in [6.45, 7) is 5.81. The second-order valence-corrected chi connectivity index (χ2v) is 8.49. The van der Waals surface area contributed by atoms with Gasteiger partial charge in [-0.1, -0.05) is 6.07 Å². The summed E-state index contributed by atoms with van der Waals surface area (Å²) in [4.78, 5) is 24.4. The van der Waals surface area contributed by atoms with Crippen molar-refractivity contribution in [3.8, 4) is 0 Å². The third-order valence-corrected chi connectivity index (χ3v) is 5.57. The zero-order valence-corrected chi connectivity index (χ0v) is 18.5. The summed E-state index contributed by atoms with van der Waals surface area (Å²) in [6.07, 6.45) is -2.49. The Morgan fingerprint density at radius 2 is 1.63 bits per heavy atom. The number of rotatable bonds is 6. The molecule has 2 N–H and O–H groups in total. The minimum atomic E-state index is -5.08. The van der Waals surface area contributed by atoms with Crippen molar-refractivity contribution in [3.63, 3.8) is 0 Å². The van der Waals surface area contributed by atoms with E-state index in [1.54, 1.807) is 0 Å². The Kier molecular flexibility index (Phi) is 9.86. The molecule has 1 spiro atoms. The molecule has 35 heavy (non-hydrogen) atoms. The normalized spacial score (nSPS) is 21.3. The predicted molar refractivity (Wildman–Crippen MR) is 107 cm³/mol. The van der Waals surface area contributed by atoms with Gasteiger partial charge in [0.2, 0.25) is 0 Å². The molecule has 3 aliphatic rings. The molecule has 2 saturated heterocycles. The number of nitrogens with zero attached hydrogens (tertiary/aromatic N) is 2. The molecule has 198 valence electrons. The molecule has 1 aromatic rings. The molecule has 0 bridgehead atoms. The zero-order chi connectivity index (χ0) is 26.3. The van der Waals surface area contributed by atoms with Gasteiger partial charge < -0.3 is 19.7 Å². The summed E-state index contributed by atoms with van der Waals surface area (Å²) < 4.78 is 75.5. The van der Waals surface area contributed by atoms with E-state index < -0.39 is 24.3 Å². The van der Waals surface area contributed by atoms with Gasteiger partial charge in [0.05, 0.1) is 12.2 Å². The first-order valence-corrected chi connectivity index (χ1v) is 10.7. The van der Waals surface area contributed by atoms with Crippen LogP contribution < -0.4 is 0 Å². The fourth-order valence-electron chi connectivity index (χ4n) is 3.60. The summed E-state index contributed by atoms with van der Waals surface area (Å²) in [5.74, 6) is -4.08. The van der Waals surface area contributed by atoms with E-state index in [2.05, 4.69) is 16.0 Å². The molecule has 1 aliphatic carbocycles. The predicted octanol–water partition coefficient (Wildman–Crippen LogP) is 3.37. The van der Waals surface area contributed by atoms with Gasteiger partial charge in [-0.2, -0.15) is 26.3 Å². The van der Waals surface area contributed by atoms with Crippen molar-refractivity contribution in [3.05, 3.63) is 30.1 Å². The molecule has 14 heteroatoms. The first-order chi connectivity index (χ1) is 16.2. The van der Waals surface area contributed by atoms with Crippen molar-refractivity contribution >= 4 is 11.9 Å². The Morgan fingerprint density at radius 1 is 1.06 bits per heavy atom. The maximum Gasteiger partial charge on any atom is 0.490 e. The van der Waals surface area contributed by atoms with Gasteiger partial charge in [-0.25, -0.2) is 9.59 Å². The molecule has 1 unspecified atom stereocenters. The van der Waals surface area contributed by atoms with Crippen molar-refractivity contribution in [1.82, 2.24) is 9.88 Å². The van der Waals surface area contributed by atoms with Crippen LogP contribution in [0.25, 0.3) is 0 Å². The highest BCUT2D eigenvalue weighted by Crippen LogP contribution is 2.41. The number of hydrogen-bond donors (Lipinski definition) is 2. The molecule has 8 nitrogen and oxygen atoms in total. The second kappa shape index (κ2) is 12.0. The number of hydrogen-bond acceptors (Lipinski definition) is 6. The number of halogens is 6. The van der Waals surface area contributed by atoms with Crippen LogP contribution in [0.15, 0.2) is 24.5 Å². The second-order valence-electron chi connectivity index (χ2n) is 8.49. The minimum Gasteiger partial charge on any atom is -0.475 e. The lowest BCUT2D eigenvalue weighted by Crippen LogP contribution is -2.64. The van der Waals surface area contributed by atoms with E-state index in [-0.39, 0.29) is 5.60 Å². The SMILES string of the molecule is O=C(O)C(F)(F)F.O=C(O)C(F)(F)F.c1cncc(CN2CC3(C2)OCCC3COCC2CC2)c1. The van der Waals surface area contributed by atoms with Gasteiger partial charge in [0.25, 0.3) is 0 Å². The van der Waals surface area contributed by atoms with E-state index in [0.29, 0.717) is 5.92 Å². The van der Waals surface area contributed by atoms with Gasteiger partial charge in [-0.05, 0) is 36.8 Å². The lowest BCUT2D eigenvalue weighted by Gasteiger charge is -2.50. The fourth-order valence-corrected chi connectivity index (χ4v) is 3.60. The number of ether oxygens (including phenoxy) is 2. The maximum atomic E-state index is 10.6. The van der Waals surface area contributed by atoms with Crippen molar-refractivity contribution < 1.29 is 55.6 Å². The van der Waals surface area contributed by atoms with E-state index in [9.17, 15) is 26.3 Å². The maximum absolute atomic E-state index is 10.6. The summed E-state index contributed by atoms with van der Waals surface area (Å²) in [5, 5.41) is 14.2. The highest BCUT2D eigenvalue weighted by atomic mass is 19.4. The molecule has 1 saturated carbocycles. The van der Waals surface area contributed by atoms with E-state index in [4.69, 9.17) is 29.3 Å². The monoisotopic (exact) mass is 516 g/mol. The van der Waals surface area contributed by atoms with Crippen LogP contribution in [0, 0.1) is 11.8 Å². The smallest absolute Gasteiger partial charge is 0.475 e. The van der Waals surface area contributed by atoms with Crippen LogP contribution in [-0.2, 0) is 25.6 Å². The van der Waals surface area contributed by atoms with Crippen LogP contribution in [-0.4, -0.2) is 82.9 Å². The molecule has 2 aliphatic heterocycles. The standard InChI is InChI=1S/C17H24N2O2.2C2HF3O2/c1-2-15(8-18-6-1)9-19-12-17(13-19)16(5-7-21-17)11-20-10-14-3-4-14;2*3-2(4,5)1(6)7/h1-2,6,8,14,16H,3-5,7,9-13H2;2*(H,6,7). The fraction of sp³-hybridized carbons (Fsp3) is 0.667. The van der Waals surface area contributed by atoms with E-state index in [1.807, 2.05) is 18.5 Å². The molecule has 4 rings (SSSR count). The molecule has 3 heterocycles. The molecule has 1 aromatic heterocycles. The Labute approximate surface area is 196 Å². The zero-order valence-electron chi connectivity index (χ0n) is 18.5. The number of aliphatic carboxylic acids is 2. The van der Waals surface area contributed by atoms with E-state index in [0.717, 1.165) is 51.8 Å². The number of likely N-dealkylation sites (tertiary alicyclic amines) is 1. The Balaban J connectivity index is 0.000000257. The van der Waals surface area contributed by atoms with Gasteiger partial charge in [0.1, 0.15) is 0 Å². The molecular formula is C21H26F6N2O6. The third kappa shape index (κ3) is 9.61. The summed E-state index contributed by atoms with van der Waals surface area (Å²) in [7, 11) is 0. The third-order valence-electron chi connectivity index (χ3n) is 5.57. The lowest BCUT2D eigenvalue weighted by molar-refractivity contribution is -0.193. The first-order valence-electron chi connectivity index (χ1n) is 10.7. The molecule has 0 radical (unpaired) electrons. The van der Waals surface area contributed by atoms with Crippen LogP contribution in [0.3, 0.4) is 0 Å². The molecule has 0 aromatic carbocycles. The van der Waals surface area contributed by atoms with Crippen LogP contribution in [0.2, 0.25) is 0 Å². The minimum absolute atomic E-state index is 0.0752. The van der Waals surface area contributed by atoms with Gasteiger partial charge >= 0.3 is 24.3 Å². The average molecular weight is 516 g/mol. The summed E-state index contributed by atoms with van der Waals surface area (Å²) in [6, 6.07) is 4.15. The summed E-state index contributed by atoms with van der Waals surface area (Å²) in [5.41, 5.74) is 1.36. The highest BCUT2D eigenvalue weighted by Gasteiger charge is 2.52. The van der Waals surface area contributed by atoms with Gasteiger partial charge in [0.15, 0.2) is 0 Å². The van der Waals surface area contributed by atoms with Crippen molar-refractivity contribution in [2.75, 3.05) is 32.9 Å². The Hall–Kier alpha value is -2.45. The molecule has 0 amide bonds. The first kappa shape index (κ1) is 28.8. The van der Waals surface area contributed by atoms with Crippen molar-refractivity contribution in [1.29, 1.82) is 0 Å². The van der Waals surface area contributed by atoms with Crippen LogP contribution >= 0.6 is 0 Å². The number of alkyl halides is 6. The molecule has 3 fully saturated rings.